The minimum atomic E-state index is 0.760. The van der Waals surface area contributed by atoms with Crippen LogP contribution in [0.1, 0.15) is 46.5 Å². The van der Waals surface area contributed by atoms with Gasteiger partial charge in [0, 0.05) is 18.6 Å². The number of hydrogen-bond donors (Lipinski definition) is 1. The van der Waals surface area contributed by atoms with Gasteiger partial charge in [-0.2, -0.15) is 0 Å². The van der Waals surface area contributed by atoms with Crippen LogP contribution >= 0.6 is 0 Å². The Bertz CT molecular complexity index is 170. The smallest absolute Gasteiger partial charge is 0.00703 e. The Kier molecular flexibility index (Phi) is 5.62. The second kappa shape index (κ2) is 6.49. The molecular formula is C13H28N2. The van der Waals surface area contributed by atoms with Gasteiger partial charge in [0.2, 0.25) is 0 Å². The fourth-order valence-corrected chi connectivity index (χ4v) is 2.68. The lowest BCUT2D eigenvalue weighted by Gasteiger charge is -2.41. The predicted molar refractivity (Wildman–Crippen MR) is 67.2 cm³/mol. The molecule has 0 saturated carbocycles. The highest BCUT2D eigenvalue weighted by Crippen LogP contribution is 2.24. The van der Waals surface area contributed by atoms with Gasteiger partial charge in [-0.3, -0.25) is 4.90 Å². The first-order valence-electron chi connectivity index (χ1n) is 6.55. The second-order valence-electron chi connectivity index (χ2n) is 5.32. The maximum atomic E-state index is 3.23. The fourth-order valence-electron chi connectivity index (χ4n) is 2.68. The molecule has 1 saturated heterocycles. The lowest BCUT2D eigenvalue weighted by atomic mass is 9.93. The zero-order chi connectivity index (χ0) is 11.3. The van der Waals surface area contributed by atoms with E-state index in [1.807, 2.05) is 7.05 Å². The summed E-state index contributed by atoms with van der Waals surface area (Å²) >= 11 is 0. The van der Waals surface area contributed by atoms with Gasteiger partial charge in [-0.15, -0.1) is 0 Å². The van der Waals surface area contributed by atoms with Crippen LogP contribution in [0.4, 0.5) is 0 Å². The Morgan fingerprint density at radius 3 is 2.73 bits per heavy atom. The van der Waals surface area contributed by atoms with Gasteiger partial charge >= 0.3 is 0 Å². The van der Waals surface area contributed by atoms with Gasteiger partial charge in [0.25, 0.3) is 0 Å². The summed E-state index contributed by atoms with van der Waals surface area (Å²) in [4.78, 5) is 2.71. The van der Waals surface area contributed by atoms with Crippen molar-refractivity contribution < 1.29 is 0 Å². The Morgan fingerprint density at radius 2 is 2.07 bits per heavy atom. The van der Waals surface area contributed by atoms with E-state index >= 15 is 0 Å². The summed E-state index contributed by atoms with van der Waals surface area (Å²) in [7, 11) is 2.04. The lowest BCUT2D eigenvalue weighted by Crippen LogP contribution is -2.46. The Labute approximate surface area is 95.4 Å². The summed E-state index contributed by atoms with van der Waals surface area (Å²) in [5.41, 5.74) is 0. The topological polar surface area (TPSA) is 15.3 Å². The summed E-state index contributed by atoms with van der Waals surface area (Å²) < 4.78 is 0. The Hall–Kier alpha value is -0.0800. The van der Waals surface area contributed by atoms with Crippen molar-refractivity contribution in [3.63, 3.8) is 0 Å². The van der Waals surface area contributed by atoms with Crippen LogP contribution in [-0.2, 0) is 0 Å². The highest BCUT2D eigenvalue weighted by Gasteiger charge is 2.26. The van der Waals surface area contributed by atoms with Gasteiger partial charge in [-0.25, -0.2) is 0 Å². The number of piperidine rings is 1. The molecule has 0 amide bonds. The van der Waals surface area contributed by atoms with Crippen LogP contribution < -0.4 is 5.32 Å². The molecule has 3 atom stereocenters. The average molecular weight is 212 g/mol. The highest BCUT2D eigenvalue weighted by molar-refractivity contribution is 4.80. The quantitative estimate of drug-likeness (QED) is 0.704. The summed E-state index contributed by atoms with van der Waals surface area (Å²) in [6.45, 7) is 9.63. The molecular weight excluding hydrogens is 184 g/mol. The van der Waals surface area contributed by atoms with Crippen LogP contribution in [0.3, 0.4) is 0 Å². The van der Waals surface area contributed by atoms with E-state index in [1.165, 1.54) is 32.2 Å². The second-order valence-corrected chi connectivity index (χ2v) is 5.32. The maximum absolute atomic E-state index is 3.23. The molecule has 15 heavy (non-hydrogen) atoms. The third-order valence-electron chi connectivity index (χ3n) is 3.78. The molecule has 2 heteroatoms. The van der Waals surface area contributed by atoms with E-state index in [0.717, 1.165) is 24.5 Å². The third kappa shape index (κ3) is 4.12. The summed E-state index contributed by atoms with van der Waals surface area (Å²) in [5.74, 6) is 0.896. The van der Waals surface area contributed by atoms with E-state index in [2.05, 4.69) is 31.0 Å². The van der Waals surface area contributed by atoms with Crippen molar-refractivity contribution in [1.82, 2.24) is 10.2 Å². The average Bonchev–Trinajstić information content (AvgIpc) is 2.22. The molecule has 1 N–H and O–H groups in total. The molecule has 0 spiro atoms. The molecule has 1 aliphatic heterocycles. The van der Waals surface area contributed by atoms with E-state index in [4.69, 9.17) is 0 Å². The molecule has 0 aliphatic carbocycles. The largest absolute Gasteiger partial charge is 0.320 e. The van der Waals surface area contributed by atoms with Crippen LogP contribution in [0.5, 0.6) is 0 Å². The van der Waals surface area contributed by atoms with Crippen LogP contribution in [0.15, 0.2) is 0 Å². The Morgan fingerprint density at radius 1 is 1.33 bits per heavy atom. The molecule has 2 nitrogen and oxygen atoms in total. The normalized spacial score (nSPS) is 30.4. The third-order valence-corrected chi connectivity index (χ3v) is 3.78. The molecule has 90 valence electrons. The minimum absolute atomic E-state index is 0.760. The first-order chi connectivity index (χ1) is 7.15. The van der Waals surface area contributed by atoms with Crippen molar-refractivity contribution >= 4 is 0 Å². The van der Waals surface area contributed by atoms with E-state index in [-0.39, 0.29) is 0 Å². The van der Waals surface area contributed by atoms with Crippen LogP contribution in [0, 0.1) is 5.92 Å². The monoisotopic (exact) mass is 212 g/mol. The zero-order valence-corrected chi connectivity index (χ0v) is 10.9. The van der Waals surface area contributed by atoms with Crippen molar-refractivity contribution in [2.45, 2.75) is 58.5 Å². The predicted octanol–water partition coefficient (Wildman–Crippen LogP) is 2.49. The van der Waals surface area contributed by atoms with E-state index < -0.39 is 0 Å². The molecule has 0 aromatic carbocycles. The van der Waals surface area contributed by atoms with Crippen LogP contribution in [0.2, 0.25) is 0 Å². The number of hydrogen-bond acceptors (Lipinski definition) is 2. The molecule has 0 bridgehead atoms. The summed E-state index contributed by atoms with van der Waals surface area (Å²) in [6.07, 6.45) is 5.44. The van der Waals surface area contributed by atoms with Crippen molar-refractivity contribution in [1.29, 1.82) is 0 Å². The van der Waals surface area contributed by atoms with Gasteiger partial charge in [0.05, 0.1) is 0 Å². The first kappa shape index (κ1) is 13.0. The van der Waals surface area contributed by atoms with Crippen molar-refractivity contribution in [2.75, 3.05) is 20.1 Å². The molecule has 1 heterocycles. The summed E-state index contributed by atoms with van der Waals surface area (Å²) in [6, 6.07) is 1.56. The van der Waals surface area contributed by atoms with E-state index in [1.54, 1.807) is 0 Å². The highest BCUT2D eigenvalue weighted by atomic mass is 15.2. The lowest BCUT2D eigenvalue weighted by molar-refractivity contribution is 0.0797. The van der Waals surface area contributed by atoms with Gasteiger partial charge in [0.15, 0.2) is 0 Å². The van der Waals surface area contributed by atoms with Gasteiger partial charge in [0.1, 0.15) is 0 Å². The standard InChI is InChI=1S/C13H28N2/c1-11-7-8-13(3)15(10-11)12(2)6-5-9-14-4/h11-14H,5-10H2,1-4H3. The molecule has 0 radical (unpaired) electrons. The SMILES string of the molecule is CNCCCC(C)N1CC(C)CCC1C. The van der Waals surface area contributed by atoms with Gasteiger partial charge in [-0.05, 0) is 59.0 Å². The first-order valence-corrected chi connectivity index (χ1v) is 6.55. The number of likely N-dealkylation sites (tertiary alicyclic amines) is 1. The van der Waals surface area contributed by atoms with Crippen molar-refractivity contribution in [3.8, 4) is 0 Å². The molecule has 1 rings (SSSR count). The Balaban J connectivity index is 2.32. The van der Waals surface area contributed by atoms with Gasteiger partial charge in [-0.1, -0.05) is 6.92 Å². The maximum Gasteiger partial charge on any atom is 0.00703 e. The van der Waals surface area contributed by atoms with Crippen molar-refractivity contribution in [2.24, 2.45) is 5.92 Å². The number of rotatable bonds is 5. The molecule has 1 aliphatic rings. The molecule has 1 fully saturated rings. The number of nitrogens with one attached hydrogen (secondary N) is 1. The summed E-state index contributed by atoms with van der Waals surface area (Å²) in [5, 5.41) is 3.23. The van der Waals surface area contributed by atoms with Crippen LogP contribution in [-0.4, -0.2) is 37.1 Å². The molecule has 0 aromatic heterocycles. The zero-order valence-electron chi connectivity index (χ0n) is 10.9. The van der Waals surface area contributed by atoms with E-state index in [0.29, 0.717) is 0 Å². The van der Waals surface area contributed by atoms with Crippen LogP contribution in [0.25, 0.3) is 0 Å². The number of nitrogens with zero attached hydrogens (tertiary/aromatic N) is 1. The molecule has 3 unspecified atom stereocenters. The fraction of sp³-hybridized carbons (Fsp3) is 1.00. The van der Waals surface area contributed by atoms with Crippen molar-refractivity contribution in [3.05, 3.63) is 0 Å². The minimum Gasteiger partial charge on any atom is -0.320 e. The van der Waals surface area contributed by atoms with E-state index in [9.17, 15) is 0 Å². The molecule has 0 aromatic rings. The van der Waals surface area contributed by atoms with Gasteiger partial charge < -0.3 is 5.32 Å².